The maximum Gasteiger partial charge on any atom is 0.326 e. The van der Waals surface area contributed by atoms with Crippen LogP contribution in [-0.2, 0) is 4.79 Å². The number of fused-ring (bicyclic) bond motifs is 1. The lowest BCUT2D eigenvalue weighted by atomic mass is 10.1. The summed E-state index contributed by atoms with van der Waals surface area (Å²) in [5.74, 6) is -1.09. The molecule has 0 aliphatic carbocycles. The summed E-state index contributed by atoms with van der Waals surface area (Å²) in [6.45, 7) is 3.54. The molecule has 0 aliphatic heterocycles. The molecule has 0 saturated heterocycles. The summed E-state index contributed by atoms with van der Waals surface area (Å²) in [5.41, 5.74) is 2.27. The number of aryl methyl sites for hydroxylation is 1. The summed E-state index contributed by atoms with van der Waals surface area (Å²) in [6.07, 6.45) is 1.80. The van der Waals surface area contributed by atoms with E-state index in [1.807, 2.05) is 13.0 Å². The van der Waals surface area contributed by atoms with Gasteiger partial charge in [-0.15, -0.1) is 0 Å². The molecule has 2 aromatic rings. The number of rotatable bonds is 3. The maximum atomic E-state index is 11.6. The molecule has 0 aliphatic rings. The van der Waals surface area contributed by atoms with E-state index in [-0.39, 0.29) is 5.91 Å². The van der Waals surface area contributed by atoms with Crippen molar-refractivity contribution in [2.24, 2.45) is 0 Å². The van der Waals surface area contributed by atoms with Gasteiger partial charge in [-0.1, -0.05) is 6.07 Å². The summed E-state index contributed by atoms with van der Waals surface area (Å²) < 4.78 is 1.68. The Labute approximate surface area is 110 Å². The van der Waals surface area contributed by atoms with Crippen molar-refractivity contribution in [2.75, 3.05) is 7.05 Å². The van der Waals surface area contributed by atoms with E-state index in [1.165, 1.54) is 0 Å². The fraction of sp³-hybridized carbons (Fsp3) is 0.286. The monoisotopic (exact) mass is 260 g/mol. The van der Waals surface area contributed by atoms with E-state index >= 15 is 0 Å². The third kappa shape index (κ3) is 2.19. The van der Waals surface area contributed by atoms with Gasteiger partial charge in [-0.2, -0.15) is 0 Å². The van der Waals surface area contributed by atoms with Gasteiger partial charge in [-0.05, 0) is 31.5 Å². The van der Waals surface area contributed by atoms with E-state index in [1.54, 1.807) is 36.9 Å². The molecule has 1 amide bonds. The summed E-state index contributed by atoms with van der Waals surface area (Å²) in [6, 6.07) is 4.64. The molecule has 0 radical (unpaired) electrons. The second-order valence-electron chi connectivity index (χ2n) is 4.54. The van der Waals surface area contributed by atoms with Gasteiger partial charge in [0, 0.05) is 29.7 Å². The first-order valence-electron chi connectivity index (χ1n) is 6.01. The first-order valence-corrected chi connectivity index (χ1v) is 6.01. The molecule has 0 spiro atoms. The van der Waals surface area contributed by atoms with Crippen molar-refractivity contribution in [3.63, 3.8) is 0 Å². The number of hydrogen-bond donors (Lipinski definition) is 2. The molecule has 1 aromatic heterocycles. The minimum absolute atomic E-state index is 0.185. The zero-order chi connectivity index (χ0) is 14.2. The molecule has 2 rings (SSSR count). The highest BCUT2D eigenvalue weighted by molar-refractivity contribution is 5.98. The van der Waals surface area contributed by atoms with Crippen LogP contribution in [-0.4, -0.2) is 28.6 Å². The number of amides is 1. The molecule has 5 heteroatoms. The Morgan fingerprint density at radius 2 is 2.05 bits per heavy atom. The van der Waals surface area contributed by atoms with E-state index in [9.17, 15) is 9.59 Å². The lowest BCUT2D eigenvalue weighted by molar-refractivity contribution is -0.140. The molecule has 0 saturated carbocycles. The predicted octanol–water partition coefficient (Wildman–Crippen LogP) is 1.95. The molecule has 2 N–H and O–H groups in total. The van der Waals surface area contributed by atoms with Crippen LogP contribution >= 0.6 is 0 Å². The number of nitrogens with zero attached hydrogens (tertiary/aromatic N) is 1. The molecule has 1 atom stereocenters. The summed E-state index contributed by atoms with van der Waals surface area (Å²) in [7, 11) is 1.57. The van der Waals surface area contributed by atoms with Gasteiger partial charge in [0.25, 0.3) is 5.91 Å². The van der Waals surface area contributed by atoms with Crippen LogP contribution in [0.2, 0.25) is 0 Å². The summed E-state index contributed by atoms with van der Waals surface area (Å²) >= 11 is 0. The van der Waals surface area contributed by atoms with Gasteiger partial charge >= 0.3 is 5.97 Å². The van der Waals surface area contributed by atoms with Crippen LogP contribution in [0.5, 0.6) is 0 Å². The minimum atomic E-state index is -0.901. The summed E-state index contributed by atoms with van der Waals surface area (Å²) in [5, 5.41) is 12.6. The van der Waals surface area contributed by atoms with Crippen molar-refractivity contribution in [3.8, 4) is 0 Å². The third-order valence-corrected chi connectivity index (χ3v) is 3.30. The minimum Gasteiger partial charge on any atom is -0.480 e. The van der Waals surface area contributed by atoms with Crippen LogP contribution in [0.4, 0.5) is 0 Å². The molecule has 0 bridgehead atoms. The van der Waals surface area contributed by atoms with Gasteiger partial charge in [0.15, 0.2) is 0 Å². The maximum absolute atomic E-state index is 11.6. The van der Waals surface area contributed by atoms with Crippen molar-refractivity contribution >= 4 is 22.8 Å². The van der Waals surface area contributed by atoms with E-state index < -0.39 is 12.0 Å². The predicted molar refractivity (Wildman–Crippen MR) is 72.4 cm³/mol. The number of carbonyl (C=O) groups is 2. The number of aromatic nitrogens is 1. The Hall–Kier alpha value is -2.30. The quantitative estimate of drug-likeness (QED) is 0.886. The van der Waals surface area contributed by atoms with Crippen LogP contribution in [0.1, 0.15) is 28.9 Å². The van der Waals surface area contributed by atoms with Crippen LogP contribution in [0.25, 0.3) is 10.9 Å². The van der Waals surface area contributed by atoms with Gasteiger partial charge < -0.3 is 15.0 Å². The third-order valence-electron chi connectivity index (χ3n) is 3.30. The topological polar surface area (TPSA) is 71.3 Å². The molecule has 0 fully saturated rings. The van der Waals surface area contributed by atoms with Gasteiger partial charge in [-0.3, -0.25) is 4.79 Å². The van der Waals surface area contributed by atoms with E-state index in [2.05, 4.69) is 5.32 Å². The van der Waals surface area contributed by atoms with Crippen LogP contribution in [0.3, 0.4) is 0 Å². The Morgan fingerprint density at radius 3 is 2.63 bits per heavy atom. The van der Waals surface area contributed by atoms with Gasteiger partial charge in [-0.25, -0.2) is 4.79 Å². The van der Waals surface area contributed by atoms with Crippen LogP contribution in [0, 0.1) is 6.92 Å². The fourth-order valence-corrected chi connectivity index (χ4v) is 2.15. The Balaban J connectivity index is 2.65. The number of hydrogen-bond acceptors (Lipinski definition) is 2. The average molecular weight is 260 g/mol. The second kappa shape index (κ2) is 4.76. The van der Waals surface area contributed by atoms with Gasteiger partial charge in [0.05, 0.1) is 0 Å². The fourth-order valence-electron chi connectivity index (χ4n) is 2.15. The zero-order valence-electron chi connectivity index (χ0n) is 11.1. The highest BCUT2D eigenvalue weighted by atomic mass is 16.4. The number of carbonyl (C=O) groups excluding carboxylic acids is 1. The molecule has 19 heavy (non-hydrogen) atoms. The molecule has 1 heterocycles. The summed E-state index contributed by atoms with van der Waals surface area (Å²) in [4.78, 5) is 22.8. The number of nitrogens with one attached hydrogen (secondary N) is 1. The number of carboxylic acid groups (broad SMARTS) is 1. The van der Waals surface area contributed by atoms with E-state index in [0.29, 0.717) is 5.56 Å². The van der Waals surface area contributed by atoms with Crippen LogP contribution < -0.4 is 5.32 Å². The molecule has 1 aromatic carbocycles. The Kier molecular flexibility index (Phi) is 3.29. The van der Waals surface area contributed by atoms with Crippen molar-refractivity contribution in [1.82, 2.24) is 9.88 Å². The number of aliphatic carboxylic acids is 1. The zero-order valence-corrected chi connectivity index (χ0v) is 11.1. The Bertz CT molecular complexity index is 658. The van der Waals surface area contributed by atoms with Crippen molar-refractivity contribution in [1.29, 1.82) is 0 Å². The van der Waals surface area contributed by atoms with Gasteiger partial charge in [0.1, 0.15) is 6.04 Å². The lowest BCUT2D eigenvalue weighted by Gasteiger charge is -2.10. The smallest absolute Gasteiger partial charge is 0.326 e. The first-order chi connectivity index (χ1) is 8.95. The molecular weight excluding hydrogens is 244 g/mol. The SMILES string of the molecule is CNC(=O)c1ccc2c(C)cn(C(C)C(=O)O)c2c1. The molecule has 1 unspecified atom stereocenters. The van der Waals surface area contributed by atoms with Crippen molar-refractivity contribution in [2.45, 2.75) is 19.9 Å². The molecular formula is C14H16N2O3. The van der Waals surface area contributed by atoms with Crippen molar-refractivity contribution in [3.05, 3.63) is 35.5 Å². The highest BCUT2D eigenvalue weighted by Gasteiger charge is 2.17. The Morgan fingerprint density at radius 1 is 1.37 bits per heavy atom. The average Bonchev–Trinajstić information content (AvgIpc) is 2.73. The highest BCUT2D eigenvalue weighted by Crippen LogP contribution is 2.25. The van der Waals surface area contributed by atoms with Crippen LogP contribution in [0.15, 0.2) is 24.4 Å². The van der Waals surface area contributed by atoms with E-state index in [4.69, 9.17) is 5.11 Å². The first kappa shape index (κ1) is 13.1. The van der Waals surface area contributed by atoms with E-state index in [0.717, 1.165) is 16.5 Å². The number of carboxylic acids is 1. The van der Waals surface area contributed by atoms with Crippen molar-refractivity contribution < 1.29 is 14.7 Å². The standard InChI is InChI=1S/C14H16N2O3/c1-8-7-16(9(2)14(18)19)12-6-10(13(17)15-3)4-5-11(8)12/h4-7,9H,1-3H3,(H,15,17)(H,18,19). The normalized spacial score (nSPS) is 12.4. The number of benzene rings is 1. The lowest BCUT2D eigenvalue weighted by Crippen LogP contribution is -2.18. The molecule has 5 nitrogen and oxygen atoms in total. The molecule has 100 valence electrons. The second-order valence-corrected chi connectivity index (χ2v) is 4.54. The largest absolute Gasteiger partial charge is 0.480 e. The van der Waals surface area contributed by atoms with Gasteiger partial charge in [0.2, 0.25) is 0 Å².